The van der Waals surface area contributed by atoms with Crippen LogP contribution in [0.25, 0.3) is 0 Å². The summed E-state index contributed by atoms with van der Waals surface area (Å²) in [6.07, 6.45) is 2.43. The molecule has 0 spiro atoms. The molecule has 3 atom stereocenters. The Labute approximate surface area is 212 Å². The smallest absolute Gasteiger partial charge is 0.257 e. The maximum absolute atomic E-state index is 13.6. The Balaban J connectivity index is 1.61. The molecule has 2 aromatic rings. The monoisotopic (exact) mass is 497 g/mol. The summed E-state index contributed by atoms with van der Waals surface area (Å²) in [6, 6.07) is 10.7. The first-order chi connectivity index (χ1) is 17.2. The normalized spacial score (nSPS) is 23.8. The topological polar surface area (TPSA) is 71.1 Å². The van der Waals surface area contributed by atoms with Gasteiger partial charge in [0, 0.05) is 51.1 Å². The predicted octanol–water partition coefficient (Wildman–Crippen LogP) is 4.29. The molecule has 0 saturated heterocycles. The van der Waals surface area contributed by atoms with Crippen LogP contribution in [-0.2, 0) is 4.74 Å². The minimum Gasteiger partial charge on any atom is -0.491 e. The van der Waals surface area contributed by atoms with Crippen molar-refractivity contribution in [2.45, 2.75) is 38.8 Å². The number of anilines is 1. The van der Waals surface area contributed by atoms with Gasteiger partial charge in [-0.05, 0) is 68.0 Å². The minimum absolute atomic E-state index is 0.118. The van der Waals surface area contributed by atoms with E-state index < -0.39 is 11.7 Å². The fourth-order valence-corrected chi connectivity index (χ4v) is 4.65. The third-order valence-electron chi connectivity index (χ3n) is 7.11. The molecule has 2 amide bonds. The first-order valence-electron chi connectivity index (χ1n) is 12.6. The van der Waals surface area contributed by atoms with E-state index in [4.69, 9.17) is 9.47 Å². The Morgan fingerprint density at radius 3 is 2.64 bits per heavy atom. The van der Waals surface area contributed by atoms with Crippen LogP contribution in [0.4, 0.5) is 10.1 Å². The molecule has 0 aromatic heterocycles. The number of rotatable bonds is 5. The number of hydrogen-bond donors (Lipinski definition) is 1. The average Bonchev–Trinajstić information content (AvgIpc) is 3.68. The second kappa shape index (κ2) is 11.4. The van der Waals surface area contributed by atoms with Crippen LogP contribution in [0, 0.1) is 17.7 Å². The van der Waals surface area contributed by atoms with E-state index in [-0.39, 0.29) is 29.5 Å². The van der Waals surface area contributed by atoms with Crippen molar-refractivity contribution in [2.75, 3.05) is 45.7 Å². The van der Waals surface area contributed by atoms with Gasteiger partial charge in [-0.3, -0.25) is 14.5 Å². The highest BCUT2D eigenvalue weighted by atomic mass is 19.1. The van der Waals surface area contributed by atoms with Gasteiger partial charge < -0.3 is 19.7 Å². The number of ether oxygens (including phenoxy) is 2. The number of fused-ring (bicyclic) bond motifs is 1. The number of carbonyl (C=O) groups excluding carboxylic acids is 2. The molecule has 4 rings (SSSR count). The molecule has 0 radical (unpaired) electrons. The van der Waals surface area contributed by atoms with Gasteiger partial charge in [0.15, 0.2) is 0 Å². The molecule has 1 N–H and O–H groups in total. The number of likely N-dealkylation sites (N-methyl/N-ethyl adjacent to an activating group) is 1. The summed E-state index contributed by atoms with van der Waals surface area (Å²) in [6.45, 7) is 7.11. The van der Waals surface area contributed by atoms with E-state index >= 15 is 0 Å². The van der Waals surface area contributed by atoms with E-state index in [1.807, 2.05) is 0 Å². The van der Waals surface area contributed by atoms with Crippen molar-refractivity contribution in [3.8, 4) is 5.75 Å². The van der Waals surface area contributed by atoms with Gasteiger partial charge >= 0.3 is 0 Å². The van der Waals surface area contributed by atoms with E-state index in [9.17, 15) is 14.0 Å². The molecule has 0 bridgehead atoms. The van der Waals surface area contributed by atoms with Gasteiger partial charge in [-0.1, -0.05) is 13.0 Å². The van der Waals surface area contributed by atoms with Gasteiger partial charge in [0.2, 0.25) is 0 Å². The molecule has 1 saturated carbocycles. The second-order valence-corrected chi connectivity index (χ2v) is 10.2. The number of nitrogens with one attached hydrogen (secondary N) is 1. The van der Waals surface area contributed by atoms with E-state index in [2.05, 4.69) is 24.1 Å². The zero-order valence-corrected chi connectivity index (χ0v) is 21.5. The second-order valence-electron chi connectivity index (χ2n) is 10.2. The zero-order valence-electron chi connectivity index (χ0n) is 21.5. The van der Waals surface area contributed by atoms with E-state index in [1.54, 1.807) is 37.3 Å². The van der Waals surface area contributed by atoms with E-state index in [0.29, 0.717) is 30.2 Å². The highest BCUT2D eigenvalue weighted by molar-refractivity contribution is 6.05. The minimum atomic E-state index is -0.489. The summed E-state index contributed by atoms with van der Waals surface area (Å²) in [5.41, 5.74) is 0.989. The van der Waals surface area contributed by atoms with Crippen LogP contribution in [0.15, 0.2) is 42.5 Å². The summed E-state index contributed by atoms with van der Waals surface area (Å²) in [7, 11) is 3.44. The lowest BCUT2D eigenvalue weighted by Crippen LogP contribution is -2.47. The van der Waals surface area contributed by atoms with Crippen molar-refractivity contribution in [1.82, 2.24) is 9.80 Å². The van der Waals surface area contributed by atoms with Gasteiger partial charge in [0.05, 0.1) is 11.7 Å². The van der Waals surface area contributed by atoms with Crippen molar-refractivity contribution >= 4 is 17.5 Å². The van der Waals surface area contributed by atoms with Crippen molar-refractivity contribution in [3.63, 3.8) is 0 Å². The Morgan fingerprint density at radius 2 is 1.94 bits per heavy atom. The number of nitrogens with zero attached hydrogens (tertiary/aromatic N) is 2. The Kier molecular flexibility index (Phi) is 8.26. The highest BCUT2D eigenvalue weighted by Crippen LogP contribution is 2.32. The lowest BCUT2D eigenvalue weighted by molar-refractivity contribution is 0.00994. The molecule has 1 aliphatic carbocycles. The SMILES string of the molecule is CO[C@@H]1CN(C)C(=O)c2cc(NC(=O)c3cccc(F)c3)ccc2OC[C@H](C)N(CC2CC2)C[C@@H]1C. The number of amides is 2. The van der Waals surface area contributed by atoms with Crippen molar-refractivity contribution in [1.29, 1.82) is 0 Å². The van der Waals surface area contributed by atoms with Crippen molar-refractivity contribution in [3.05, 3.63) is 59.4 Å². The van der Waals surface area contributed by atoms with Crippen LogP contribution in [0.2, 0.25) is 0 Å². The third kappa shape index (κ3) is 6.42. The molecule has 194 valence electrons. The van der Waals surface area contributed by atoms with Gasteiger partial charge in [-0.15, -0.1) is 0 Å². The zero-order chi connectivity index (χ0) is 25.8. The maximum atomic E-state index is 13.6. The van der Waals surface area contributed by atoms with Gasteiger partial charge in [0.25, 0.3) is 11.8 Å². The Morgan fingerprint density at radius 1 is 1.17 bits per heavy atom. The molecular weight excluding hydrogens is 461 g/mol. The van der Waals surface area contributed by atoms with Crippen molar-refractivity contribution < 1.29 is 23.5 Å². The van der Waals surface area contributed by atoms with Crippen LogP contribution in [0.5, 0.6) is 5.75 Å². The summed E-state index contributed by atoms with van der Waals surface area (Å²) < 4.78 is 25.6. The van der Waals surface area contributed by atoms with Crippen LogP contribution < -0.4 is 10.1 Å². The van der Waals surface area contributed by atoms with E-state index in [1.165, 1.54) is 37.1 Å². The standard InChI is InChI=1S/C28H36FN3O4/c1-18-14-32(15-20-8-9-20)19(2)17-36-25-11-10-23(30-27(33)21-6-5-7-22(29)12-21)13-24(25)28(34)31(3)16-26(18)35-4/h5-7,10-13,18-20,26H,8-9,14-17H2,1-4H3,(H,30,33)/t18-,19-,26+/m0/s1. The fourth-order valence-electron chi connectivity index (χ4n) is 4.65. The highest BCUT2D eigenvalue weighted by Gasteiger charge is 2.31. The molecule has 0 unspecified atom stereocenters. The summed E-state index contributed by atoms with van der Waals surface area (Å²) in [5.74, 6) is 0.274. The first-order valence-corrected chi connectivity index (χ1v) is 12.6. The molecule has 7 nitrogen and oxygen atoms in total. The molecule has 1 aliphatic heterocycles. The molecule has 8 heteroatoms. The Bertz CT molecular complexity index is 1090. The number of methoxy groups -OCH3 is 1. The maximum Gasteiger partial charge on any atom is 0.257 e. The molecular formula is C28H36FN3O4. The van der Waals surface area contributed by atoms with Gasteiger partial charge in [0.1, 0.15) is 18.2 Å². The van der Waals surface area contributed by atoms with Crippen molar-refractivity contribution in [2.24, 2.45) is 11.8 Å². The Hall–Kier alpha value is -2.97. The fraction of sp³-hybridized carbons (Fsp3) is 0.500. The summed E-state index contributed by atoms with van der Waals surface area (Å²) >= 11 is 0. The molecule has 2 aromatic carbocycles. The van der Waals surface area contributed by atoms with Gasteiger partial charge in [-0.25, -0.2) is 4.39 Å². The number of carbonyl (C=O) groups is 2. The van der Waals surface area contributed by atoms with Crippen LogP contribution >= 0.6 is 0 Å². The lowest BCUT2D eigenvalue weighted by atomic mass is 10.0. The van der Waals surface area contributed by atoms with Crippen LogP contribution in [-0.4, -0.2) is 74.2 Å². The summed E-state index contributed by atoms with van der Waals surface area (Å²) in [5, 5.41) is 2.76. The first kappa shape index (κ1) is 26.1. The summed E-state index contributed by atoms with van der Waals surface area (Å²) in [4.78, 5) is 30.3. The molecule has 1 fully saturated rings. The largest absolute Gasteiger partial charge is 0.491 e. The van der Waals surface area contributed by atoms with Crippen LogP contribution in [0.3, 0.4) is 0 Å². The van der Waals surface area contributed by atoms with E-state index in [0.717, 1.165) is 19.0 Å². The molecule has 2 aliphatic rings. The molecule has 36 heavy (non-hydrogen) atoms. The average molecular weight is 498 g/mol. The third-order valence-corrected chi connectivity index (χ3v) is 7.11. The molecule has 1 heterocycles. The number of benzene rings is 2. The predicted molar refractivity (Wildman–Crippen MR) is 137 cm³/mol. The lowest BCUT2D eigenvalue weighted by Gasteiger charge is -2.36. The van der Waals surface area contributed by atoms with Crippen LogP contribution in [0.1, 0.15) is 47.4 Å². The quantitative estimate of drug-likeness (QED) is 0.667. The number of hydrogen-bond acceptors (Lipinski definition) is 5. The number of halogens is 1. The van der Waals surface area contributed by atoms with Gasteiger partial charge in [-0.2, -0.15) is 0 Å².